The van der Waals surface area contributed by atoms with Crippen LogP contribution in [0.1, 0.15) is 52.8 Å². The summed E-state index contributed by atoms with van der Waals surface area (Å²) in [5.74, 6) is 0.811. The molecule has 1 aromatic heterocycles. The van der Waals surface area contributed by atoms with Gasteiger partial charge in [0.1, 0.15) is 0 Å². The molecule has 0 fully saturated rings. The SMILES string of the molecule is CCC(C)n1ccc(CC(O)C(C)C(C)C)n1. The minimum atomic E-state index is -0.296. The first kappa shape index (κ1) is 14.2. The van der Waals surface area contributed by atoms with Crippen molar-refractivity contribution in [1.82, 2.24) is 9.78 Å². The predicted molar refractivity (Wildman–Crippen MR) is 70.9 cm³/mol. The molecule has 0 bridgehead atoms. The largest absolute Gasteiger partial charge is 0.392 e. The lowest BCUT2D eigenvalue weighted by Gasteiger charge is -2.21. The molecule has 0 aliphatic rings. The van der Waals surface area contributed by atoms with Gasteiger partial charge in [0.2, 0.25) is 0 Å². The zero-order valence-electron chi connectivity index (χ0n) is 11.7. The number of rotatable bonds is 6. The first-order valence-corrected chi connectivity index (χ1v) is 6.67. The van der Waals surface area contributed by atoms with E-state index < -0.39 is 0 Å². The maximum Gasteiger partial charge on any atom is 0.0650 e. The third kappa shape index (κ3) is 3.84. The Kier molecular flexibility index (Phi) is 5.19. The Morgan fingerprint density at radius 3 is 2.47 bits per heavy atom. The Bertz CT molecular complexity index is 333. The molecule has 3 atom stereocenters. The Morgan fingerprint density at radius 1 is 1.29 bits per heavy atom. The van der Waals surface area contributed by atoms with Crippen molar-refractivity contribution in [2.75, 3.05) is 0 Å². The summed E-state index contributed by atoms with van der Waals surface area (Å²) in [5.41, 5.74) is 0.991. The lowest BCUT2D eigenvalue weighted by atomic mass is 9.90. The van der Waals surface area contributed by atoms with Crippen LogP contribution in [0, 0.1) is 11.8 Å². The van der Waals surface area contributed by atoms with Crippen LogP contribution in [0.4, 0.5) is 0 Å². The van der Waals surface area contributed by atoms with Crippen molar-refractivity contribution in [2.24, 2.45) is 11.8 Å². The number of aromatic nitrogens is 2. The molecule has 17 heavy (non-hydrogen) atoms. The van der Waals surface area contributed by atoms with Gasteiger partial charge in [-0.15, -0.1) is 0 Å². The van der Waals surface area contributed by atoms with Crippen LogP contribution in [0.25, 0.3) is 0 Å². The van der Waals surface area contributed by atoms with Crippen LogP contribution >= 0.6 is 0 Å². The van der Waals surface area contributed by atoms with Gasteiger partial charge in [-0.05, 0) is 31.2 Å². The fourth-order valence-corrected chi connectivity index (χ4v) is 1.76. The van der Waals surface area contributed by atoms with Gasteiger partial charge in [0.15, 0.2) is 0 Å². The number of aliphatic hydroxyl groups is 1. The van der Waals surface area contributed by atoms with Crippen molar-refractivity contribution >= 4 is 0 Å². The molecule has 0 saturated carbocycles. The molecule has 1 rings (SSSR count). The number of aliphatic hydroxyl groups excluding tert-OH is 1. The highest BCUT2D eigenvalue weighted by molar-refractivity contribution is 5.01. The Labute approximate surface area is 105 Å². The van der Waals surface area contributed by atoms with Crippen LogP contribution in [0.5, 0.6) is 0 Å². The molecule has 1 heterocycles. The van der Waals surface area contributed by atoms with Gasteiger partial charge in [-0.2, -0.15) is 5.10 Å². The van der Waals surface area contributed by atoms with Crippen LogP contribution in [0.3, 0.4) is 0 Å². The summed E-state index contributed by atoms with van der Waals surface area (Å²) in [7, 11) is 0. The van der Waals surface area contributed by atoms with Crippen LogP contribution in [0.2, 0.25) is 0 Å². The molecule has 98 valence electrons. The van der Waals surface area contributed by atoms with Crippen molar-refractivity contribution in [3.63, 3.8) is 0 Å². The first-order valence-electron chi connectivity index (χ1n) is 6.67. The molecule has 0 spiro atoms. The number of hydrogen-bond donors (Lipinski definition) is 1. The quantitative estimate of drug-likeness (QED) is 0.827. The molecule has 1 aromatic rings. The van der Waals surface area contributed by atoms with Gasteiger partial charge in [0.25, 0.3) is 0 Å². The third-order valence-electron chi connectivity index (χ3n) is 3.78. The Morgan fingerprint density at radius 2 is 1.94 bits per heavy atom. The van der Waals surface area contributed by atoms with Gasteiger partial charge in [-0.25, -0.2) is 0 Å². The molecule has 0 aliphatic heterocycles. The van der Waals surface area contributed by atoms with E-state index in [2.05, 4.69) is 39.7 Å². The van der Waals surface area contributed by atoms with Gasteiger partial charge >= 0.3 is 0 Å². The molecule has 3 nitrogen and oxygen atoms in total. The van der Waals surface area contributed by atoms with Crippen LogP contribution in [-0.4, -0.2) is 21.0 Å². The van der Waals surface area contributed by atoms with Gasteiger partial charge in [-0.1, -0.05) is 27.7 Å². The minimum Gasteiger partial charge on any atom is -0.392 e. The Hall–Kier alpha value is -0.830. The summed E-state index contributed by atoms with van der Waals surface area (Å²) < 4.78 is 1.99. The second kappa shape index (κ2) is 6.20. The molecule has 3 unspecified atom stereocenters. The van der Waals surface area contributed by atoms with E-state index in [1.54, 1.807) is 0 Å². The fraction of sp³-hybridized carbons (Fsp3) is 0.786. The Balaban J connectivity index is 2.60. The van der Waals surface area contributed by atoms with Crippen molar-refractivity contribution in [2.45, 2.75) is 59.6 Å². The second-order valence-corrected chi connectivity index (χ2v) is 5.42. The van der Waals surface area contributed by atoms with E-state index in [-0.39, 0.29) is 6.10 Å². The zero-order chi connectivity index (χ0) is 13.0. The van der Waals surface area contributed by atoms with Gasteiger partial charge < -0.3 is 5.11 Å². The topological polar surface area (TPSA) is 38.0 Å². The average Bonchev–Trinajstić information content (AvgIpc) is 2.75. The highest BCUT2D eigenvalue weighted by Gasteiger charge is 2.19. The molecular weight excluding hydrogens is 212 g/mol. The maximum absolute atomic E-state index is 10.1. The van der Waals surface area contributed by atoms with E-state index in [9.17, 15) is 5.11 Å². The predicted octanol–water partition coefficient (Wildman–Crippen LogP) is 3.05. The van der Waals surface area contributed by atoms with E-state index >= 15 is 0 Å². The minimum absolute atomic E-state index is 0.296. The second-order valence-electron chi connectivity index (χ2n) is 5.42. The molecule has 0 amide bonds. The van der Waals surface area contributed by atoms with Gasteiger partial charge in [0, 0.05) is 18.7 Å². The highest BCUT2D eigenvalue weighted by Crippen LogP contribution is 2.18. The van der Waals surface area contributed by atoms with Crippen LogP contribution in [0.15, 0.2) is 12.3 Å². The summed E-state index contributed by atoms with van der Waals surface area (Å²) in [6, 6.07) is 2.45. The van der Waals surface area contributed by atoms with Gasteiger partial charge in [-0.3, -0.25) is 4.68 Å². The lowest BCUT2D eigenvalue weighted by Crippen LogP contribution is -2.24. The summed E-state index contributed by atoms with van der Waals surface area (Å²) in [6.45, 7) is 10.7. The number of nitrogens with zero attached hydrogens (tertiary/aromatic N) is 2. The molecule has 1 N–H and O–H groups in total. The molecular formula is C14H26N2O. The first-order chi connectivity index (χ1) is 7.95. The normalized spacial score (nSPS) is 17.1. The van der Waals surface area contributed by atoms with Crippen LogP contribution in [-0.2, 0) is 6.42 Å². The van der Waals surface area contributed by atoms with Crippen LogP contribution < -0.4 is 0 Å². The summed E-state index contributed by atoms with van der Waals surface area (Å²) in [5, 5.41) is 14.6. The van der Waals surface area contributed by atoms with Crippen molar-refractivity contribution in [3.8, 4) is 0 Å². The smallest absolute Gasteiger partial charge is 0.0650 e. The molecule has 3 heteroatoms. The maximum atomic E-state index is 10.1. The van der Waals surface area contributed by atoms with Crippen molar-refractivity contribution in [3.05, 3.63) is 18.0 Å². The van der Waals surface area contributed by atoms with E-state index in [1.165, 1.54) is 0 Å². The lowest BCUT2D eigenvalue weighted by molar-refractivity contribution is 0.0910. The standard InChI is InChI=1S/C14H26N2O/c1-6-11(4)16-8-7-13(15-16)9-14(17)12(5)10(2)3/h7-8,10-12,14,17H,6,9H2,1-5H3. The summed E-state index contributed by atoms with van der Waals surface area (Å²) in [4.78, 5) is 0. The van der Waals surface area contributed by atoms with E-state index in [0.717, 1.165) is 12.1 Å². The van der Waals surface area contributed by atoms with Crippen molar-refractivity contribution < 1.29 is 5.11 Å². The van der Waals surface area contributed by atoms with E-state index in [0.29, 0.717) is 24.3 Å². The zero-order valence-corrected chi connectivity index (χ0v) is 11.7. The summed E-state index contributed by atoms with van der Waals surface area (Å²) >= 11 is 0. The fourth-order valence-electron chi connectivity index (χ4n) is 1.76. The summed E-state index contributed by atoms with van der Waals surface area (Å²) in [6.07, 6.45) is 3.45. The van der Waals surface area contributed by atoms with E-state index in [4.69, 9.17) is 0 Å². The molecule has 0 aliphatic carbocycles. The van der Waals surface area contributed by atoms with Crippen molar-refractivity contribution in [1.29, 1.82) is 0 Å². The molecule has 0 radical (unpaired) electrons. The number of hydrogen-bond acceptors (Lipinski definition) is 2. The third-order valence-corrected chi connectivity index (χ3v) is 3.78. The van der Waals surface area contributed by atoms with E-state index in [1.807, 2.05) is 16.9 Å². The molecule has 0 aromatic carbocycles. The highest BCUT2D eigenvalue weighted by atomic mass is 16.3. The average molecular weight is 238 g/mol. The molecule has 0 saturated heterocycles. The monoisotopic (exact) mass is 238 g/mol. The van der Waals surface area contributed by atoms with Gasteiger partial charge in [0.05, 0.1) is 11.8 Å².